The molecule has 0 radical (unpaired) electrons. The van der Waals surface area contributed by atoms with Gasteiger partial charge in [0.15, 0.2) is 0 Å². The predicted molar refractivity (Wildman–Crippen MR) is 123 cm³/mol. The van der Waals surface area contributed by atoms with Gasteiger partial charge in [-0.05, 0) is 12.1 Å². The van der Waals surface area contributed by atoms with Gasteiger partial charge in [-0.25, -0.2) is 14.6 Å². The minimum Gasteiger partial charge on any atom is -0.344 e. The summed E-state index contributed by atoms with van der Waals surface area (Å²) in [5.74, 6) is -0.214. The molecule has 3 aromatic heterocycles. The molecule has 6 nitrogen and oxygen atoms in total. The quantitative estimate of drug-likeness (QED) is 0.399. The van der Waals surface area contributed by atoms with Gasteiger partial charge in [0, 0.05) is 28.1 Å². The summed E-state index contributed by atoms with van der Waals surface area (Å²) in [5.41, 5.74) is 4.23. The Hall–Kier alpha value is -3.62. The normalized spacial score (nSPS) is 10.8. The van der Waals surface area contributed by atoms with Gasteiger partial charge in [0.1, 0.15) is 15.7 Å². The van der Waals surface area contributed by atoms with E-state index in [0.29, 0.717) is 12.2 Å². The highest BCUT2D eigenvalue weighted by molar-refractivity contribution is 7.13. The molecule has 3 heterocycles. The molecule has 0 spiro atoms. The molecular formula is C23H17N5OS2. The number of benzene rings is 2. The van der Waals surface area contributed by atoms with E-state index in [2.05, 4.69) is 20.4 Å². The lowest BCUT2D eigenvalue weighted by Gasteiger charge is -2.00. The van der Waals surface area contributed by atoms with Crippen LogP contribution in [0.2, 0.25) is 0 Å². The van der Waals surface area contributed by atoms with Crippen molar-refractivity contribution in [1.29, 1.82) is 0 Å². The minimum atomic E-state index is -0.214. The average Bonchev–Trinajstić information content (AvgIpc) is 3.59. The fourth-order valence-electron chi connectivity index (χ4n) is 3.05. The van der Waals surface area contributed by atoms with Crippen LogP contribution in [0.15, 0.2) is 83.8 Å². The van der Waals surface area contributed by atoms with Crippen LogP contribution in [0.3, 0.4) is 0 Å². The molecule has 0 atom stereocenters. The third kappa shape index (κ3) is 4.30. The Kier molecular flexibility index (Phi) is 5.39. The first-order valence-corrected chi connectivity index (χ1v) is 11.4. The molecule has 0 aliphatic heterocycles. The Balaban J connectivity index is 1.24. The van der Waals surface area contributed by atoms with Gasteiger partial charge in [0.2, 0.25) is 0 Å². The molecule has 0 unspecified atom stereocenters. The molecule has 0 aliphatic rings. The molecule has 0 saturated heterocycles. The monoisotopic (exact) mass is 443 g/mol. The minimum absolute atomic E-state index is 0.214. The molecule has 152 valence electrons. The summed E-state index contributed by atoms with van der Waals surface area (Å²) in [7, 11) is 0. The van der Waals surface area contributed by atoms with Gasteiger partial charge >= 0.3 is 0 Å². The first-order chi connectivity index (χ1) is 15.3. The van der Waals surface area contributed by atoms with Gasteiger partial charge in [-0.3, -0.25) is 4.79 Å². The Morgan fingerprint density at radius 2 is 1.68 bits per heavy atom. The number of amides is 1. The van der Waals surface area contributed by atoms with Crippen LogP contribution in [0, 0.1) is 0 Å². The van der Waals surface area contributed by atoms with Crippen molar-refractivity contribution in [3.05, 3.63) is 94.5 Å². The van der Waals surface area contributed by atoms with Crippen LogP contribution in [-0.2, 0) is 6.54 Å². The summed E-state index contributed by atoms with van der Waals surface area (Å²) in [6, 6.07) is 19.9. The molecule has 8 heteroatoms. The number of thiazole rings is 2. The summed E-state index contributed by atoms with van der Waals surface area (Å²) < 4.78 is 1.79. The topological polar surface area (TPSA) is 72.7 Å². The second kappa shape index (κ2) is 8.63. The van der Waals surface area contributed by atoms with E-state index < -0.39 is 0 Å². The van der Waals surface area contributed by atoms with Gasteiger partial charge in [0.25, 0.3) is 5.91 Å². The van der Waals surface area contributed by atoms with E-state index in [1.165, 1.54) is 22.7 Å². The van der Waals surface area contributed by atoms with Crippen LogP contribution >= 0.6 is 22.7 Å². The summed E-state index contributed by atoms with van der Waals surface area (Å²) in [6.07, 6.45) is 3.67. The second-order valence-electron chi connectivity index (χ2n) is 6.72. The van der Waals surface area contributed by atoms with Crippen molar-refractivity contribution in [2.75, 3.05) is 0 Å². The van der Waals surface area contributed by atoms with Crippen LogP contribution in [-0.4, -0.2) is 25.7 Å². The Labute approximate surface area is 186 Å². The highest BCUT2D eigenvalue weighted by Crippen LogP contribution is 2.25. The molecule has 0 aliphatic carbocycles. The van der Waals surface area contributed by atoms with Gasteiger partial charge in [-0.1, -0.05) is 48.5 Å². The zero-order valence-electron chi connectivity index (χ0n) is 16.3. The first-order valence-electron chi connectivity index (χ1n) is 9.60. The Bertz CT molecular complexity index is 1310. The van der Waals surface area contributed by atoms with Gasteiger partial charge in [-0.15, -0.1) is 22.7 Å². The molecule has 31 heavy (non-hydrogen) atoms. The molecule has 0 fully saturated rings. The molecule has 1 amide bonds. The van der Waals surface area contributed by atoms with Crippen molar-refractivity contribution in [3.63, 3.8) is 0 Å². The van der Waals surface area contributed by atoms with Gasteiger partial charge in [-0.2, -0.15) is 5.10 Å². The summed E-state index contributed by atoms with van der Waals surface area (Å²) in [4.78, 5) is 21.6. The van der Waals surface area contributed by atoms with Gasteiger partial charge in [0.05, 0.1) is 24.1 Å². The maximum absolute atomic E-state index is 12.6. The fourth-order valence-corrected chi connectivity index (χ4v) is 4.56. The highest BCUT2D eigenvalue weighted by atomic mass is 32.1. The number of rotatable bonds is 6. The Morgan fingerprint density at radius 3 is 2.48 bits per heavy atom. The van der Waals surface area contributed by atoms with Crippen molar-refractivity contribution in [3.8, 4) is 27.5 Å². The van der Waals surface area contributed by atoms with Crippen molar-refractivity contribution in [2.45, 2.75) is 6.54 Å². The number of hydrogen-bond donors (Lipinski definition) is 1. The predicted octanol–water partition coefficient (Wildman–Crippen LogP) is 5.05. The number of aromatic nitrogens is 4. The van der Waals surface area contributed by atoms with E-state index >= 15 is 0 Å². The maximum Gasteiger partial charge on any atom is 0.271 e. The van der Waals surface area contributed by atoms with Crippen molar-refractivity contribution < 1.29 is 4.79 Å². The van der Waals surface area contributed by atoms with Crippen molar-refractivity contribution >= 4 is 28.6 Å². The molecule has 0 bridgehead atoms. The third-order valence-corrected chi connectivity index (χ3v) is 6.35. The summed E-state index contributed by atoms with van der Waals surface area (Å²) >= 11 is 2.95. The zero-order chi connectivity index (χ0) is 21.0. The SMILES string of the molecule is O=C(NCc1nc(-c2ccccc2)cs1)c1csc(-c2cnn(-c3ccccc3)c2)n1. The Morgan fingerprint density at radius 1 is 0.903 bits per heavy atom. The van der Waals surface area contributed by atoms with E-state index in [-0.39, 0.29) is 5.91 Å². The number of nitrogens with one attached hydrogen (secondary N) is 1. The van der Waals surface area contributed by atoms with Crippen molar-refractivity contribution in [2.24, 2.45) is 0 Å². The molecular weight excluding hydrogens is 426 g/mol. The van der Waals surface area contributed by atoms with E-state index in [0.717, 1.165) is 32.5 Å². The molecule has 0 saturated carbocycles. The number of para-hydroxylation sites is 1. The first kappa shape index (κ1) is 19.3. The number of carbonyl (C=O) groups is 1. The van der Waals surface area contributed by atoms with Crippen LogP contribution in [0.5, 0.6) is 0 Å². The zero-order valence-corrected chi connectivity index (χ0v) is 17.9. The molecule has 2 aromatic carbocycles. The number of hydrogen-bond acceptors (Lipinski definition) is 6. The maximum atomic E-state index is 12.6. The summed E-state index contributed by atoms with van der Waals surface area (Å²) in [6.45, 7) is 0.370. The smallest absolute Gasteiger partial charge is 0.271 e. The fraction of sp³-hybridized carbons (Fsp3) is 0.0435. The second-order valence-corrected chi connectivity index (χ2v) is 8.52. The summed E-state index contributed by atoms with van der Waals surface area (Å²) in [5, 5.41) is 12.7. The lowest BCUT2D eigenvalue weighted by Crippen LogP contribution is -2.23. The standard InChI is InChI=1S/C23H17N5OS2/c29-22(24-12-21-26-19(14-30-21)16-7-3-1-4-8-16)20-15-31-23(27-20)17-11-25-28(13-17)18-9-5-2-6-10-18/h1-11,13-15H,12H2,(H,24,29). The molecule has 5 aromatic rings. The van der Waals surface area contributed by atoms with Gasteiger partial charge < -0.3 is 5.32 Å². The van der Waals surface area contributed by atoms with E-state index in [4.69, 9.17) is 0 Å². The molecule has 5 rings (SSSR count). The lowest BCUT2D eigenvalue weighted by atomic mass is 10.2. The van der Waals surface area contributed by atoms with Crippen LogP contribution in [0.1, 0.15) is 15.5 Å². The highest BCUT2D eigenvalue weighted by Gasteiger charge is 2.14. The van der Waals surface area contributed by atoms with Crippen LogP contribution in [0.4, 0.5) is 0 Å². The lowest BCUT2D eigenvalue weighted by molar-refractivity contribution is 0.0946. The number of nitrogens with zero attached hydrogens (tertiary/aromatic N) is 4. The van der Waals surface area contributed by atoms with Crippen LogP contribution < -0.4 is 5.32 Å². The van der Waals surface area contributed by atoms with E-state index in [9.17, 15) is 4.79 Å². The van der Waals surface area contributed by atoms with Crippen molar-refractivity contribution in [1.82, 2.24) is 25.1 Å². The molecule has 1 N–H and O–H groups in total. The van der Waals surface area contributed by atoms with Crippen LogP contribution in [0.25, 0.3) is 27.5 Å². The largest absolute Gasteiger partial charge is 0.344 e. The third-order valence-electron chi connectivity index (χ3n) is 4.61. The average molecular weight is 444 g/mol. The number of carbonyl (C=O) groups excluding carboxylic acids is 1. The van der Waals surface area contributed by atoms with E-state index in [1.807, 2.05) is 72.2 Å². The van der Waals surface area contributed by atoms with E-state index in [1.54, 1.807) is 16.3 Å².